The molecule has 0 amide bonds. The molecule has 2 aliphatic rings. The molecular weight excluding hydrogens is 232 g/mol. The second-order valence-corrected chi connectivity index (χ2v) is 5.83. The SMILES string of the molecule is c1csc(N2CCN(CCC3CNC3)CC2)n1. The van der Waals surface area contributed by atoms with Crippen LogP contribution >= 0.6 is 11.3 Å². The van der Waals surface area contributed by atoms with E-state index in [1.807, 2.05) is 6.20 Å². The van der Waals surface area contributed by atoms with Gasteiger partial charge in [0.15, 0.2) is 5.13 Å². The van der Waals surface area contributed by atoms with Gasteiger partial charge in [0.25, 0.3) is 0 Å². The Morgan fingerprint density at radius 3 is 2.71 bits per heavy atom. The molecule has 0 aliphatic carbocycles. The van der Waals surface area contributed by atoms with Crippen LogP contribution in [-0.2, 0) is 0 Å². The Balaban J connectivity index is 1.41. The summed E-state index contributed by atoms with van der Waals surface area (Å²) in [6.07, 6.45) is 3.26. The summed E-state index contributed by atoms with van der Waals surface area (Å²) < 4.78 is 0. The lowest BCUT2D eigenvalue weighted by atomic mass is 9.99. The summed E-state index contributed by atoms with van der Waals surface area (Å²) in [6, 6.07) is 0. The van der Waals surface area contributed by atoms with Crippen LogP contribution in [0.4, 0.5) is 5.13 Å². The number of hydrogen-bond donors (Lipinski definition) is 1. The molecule has 94 valence electrons. The average Bonchev–Trinajstić information content (AvgIpc) is 2.81. The van der Waals surface area contributed by atoms with Gasteiger partial charge in [0.1, 0.15) is 0 Å². The van der Waals surface area contributed by atoms with Crippen LogP contribution in [-0.4, -0.2) is 55.7 Å². The van der Waals surface area contributed by atoms with E-state index in [-0.39, 0.29) is 0 Å². The van der Waals surface area contributed by atoms with E-state index in [9.17, 15) is 0 Å². The molecule has 1 N–H and O–H groups in total. The minimum Gasteiger partial charge on any atom is -0.346 e. The zero-order valence-corrected chi connectivity index (χ0v) is 11.0. The largest absolute Gasteiger partial charge is 0.346 e. The number of nitrogens with zero attached hydrogens (tertiary/aromatic N) is 3. The van der Waals surface area contributed by atoms with Crippen LogP contribution in [0.25, 0.3) is 0 Å². The Bertz CT molecular complexity index is 328. The molecule has 3 rings (SSSR count). The summed E-state index contributed by atoms with van der Waals surface area (Å²) in [4.78, 5) is 9.39. The first-order chi connectivity index (χ1) is 8.42. The maximum atomic E-state index is 4.38. The Hall–Kier alpha value is -0.650. The highest BCUT2D eigenvalue weighted by molar-refractivity contribution is 7.13. The van der Waals surface area contributed by atoms with E-state index < -0.39 is 0 Å². The molecular formula is C12H20N4S. The van der Waals surface area contributed by atoms with Crippen LogP contribution in [0.3, 0.4) is 0 Å². The molecule has 0 saturated carbocycles. The third-order valence-corrected chi connectivity index (χ3v) is 4.61. The van der Waals surface area contributed by atoms with Crippen LogP contribution in [0.2, 0.25) is 0 Å². The zero-order valence-electron chi connectivity index (χ0n) is 10.1. The Morgan fingerprint density at radius 1 is 1.29 bits per heavy atom. The predicted octanol–water partition coefficient (Wildman–Crippen LogP) is 0.875. The summed E-state index contributed by atoms with van der Waals surface area (Å²) in [5, 5.41) is 6.59. The second-order valence-electron chi connectivity index (χ2n) is 4.96. The van der Waals surface area contributed by atoms with Crippen LogP contribution < -0.4 is 10.2 Å². The number of nitrogens with one attached hydrogen (secondary N) is 1. The fourth-order valence-electron chi connectivity index (χ4n) is 2.45. The van der Waals surface area contributed by atoms with Gasteiger partial charge in [0.05, 0.1) is 0 Å². The molecule has 1 aromatic heterocycles. The quantitative estimate of drug-likeness (QED) is 0.862. The van der Waals surface area contributed by atoms with Crippen molar-refractivity contribution in [2.24, 2.45) is 5.92 Å². The average molecular weight is 252 g/mol. The summed E-state index contributed by atoms with van der Waals surface area (Å²) >= 11 is 1.75. The monoisotopic (exact) mass is 252 g/mol. The molecule has 1 aromatic rings. The minimum absolute atomic E-state index is 0.937. The second kappa shape index (κ2) is 5.33. The number of thiazole rings is 1. The lowest BCUT2D eigenvalue weighted by Gasteiger charge is -2.36. The molecule has 2 fully saturated rings. The Labute approximate surface area is 107 Å². The predicted molar refractivity (Wildman–Crippen MR) is 71.7 cm³/mol. The molecule has 3 heterocycles. The van der Waals surface area contributed by atoms with Crippen molar-refractivity contribution in [1.29, 1.82) is 0 Å². The standard InChI is InChI=1S/C12H20N4S/c1(11-9-13-10-11)3-15-4-6-16(7-5-15)12-14-2-8-17-12/h2,8,11,13H,1,3-7,9-10H2. The molecule has 0 atom stereocenters. The number of rotatable bonds is 4. The van der Waals surface area contributed by atoms with Gasteiger partial charge in [0.2, 0.25) is 0 Å². The Morgan fingerprint density at radius 2 is 2.12 bits per heavy atom. The highest BCUT2D eigenvalue weighted by atomic mass is 32.1. The smallest absolute Gasteiger partial charge is 0.185 e. The molecule has 4 nitrogen and oxygen atoms in total. The first kappa shape index (κ1) is 11.4. The van der Waals surface area contributed by atoms with Crippen molar-refractivity contribution >= 4 is 16.5 Å². The van der Waals surface area contributed by atoms with Crippen molar-refractivity contribution in [3.8, 4) is 0 Å². The maximum absolute atomic E-state index is 4.38. The van der Waals surface area contributed by atoms with Gasteiger partial charge >= 0.3 is 0 Å². The highest BCUT2D eigenvalue weighted by Crippen LogP contribution is 2.19. The van der Waals surface area contributed by atoms with Crippen LogP contribution in [0.5, 0.6) is 0 Å². The molecule has 0 unspecified atom stereocenters. The van der Waals surface area contributed by atoms with Crippen LogP contribution in [0.15, 0.2) is 11.6 Å². The number of aromatic nitrogens is 1. The highest BCUT2D eigenvalue weighted by Gasteiger charge is 2.21. The third-order valence-electron chi connectivity index (χ3n) is 3.78. The molecule has 5 heteroatoms. The lowest BCUT2D eigenvalue weighted by molar-refractivity contribution is 0.216. The van der Waals surface area contributed by atoms with E-state index in [4.69, 9.17) is 0 Å². The normalized spacial score (nSPS) is 22.7. The summed E-state index contributed by atoms with van der Waals surface area (Å²) in [5.41, 5.74) is 0. The van der Waals surface area contributed by atoms with Gasteiger partial charge in [-0.3, -0.25) is 4.90 Å². The van der Waals surface area contributed by atoms with Gasteiger partial charge in [-0.05, 0) is 32.0 Å². The van der Waals surface area contributed by atoms with Gasteiger partial charge < -0.3 is 10.2 Å². The molecule has 17 heavy (non-hydrogen) atoms. The van der Waals surface area contributed by atoms with E-state index in [1.165, 1.54) is 44.3 Å². The van der Waals surface area contributed by atoms with E-state index in [0.717, 1.165) is 19.0 Å². The van der Waals surface area contributed by atoms with Gasteiger partial charge in [-0.15, -0.1) is 11.3 Å². The van der Waals surface area contributed by atoms with Crippen molar-refractivity contribution in [3.63, 3.8) is 0 Å². The van der Waals surface area contributed by atoms with Gasteiger partial charge in [-0.25, -0.2) is 4.98 Å². The van der Waals surface area contributed by atoms with Crippen LogP contribution in [0, 0.1) is 5.92 Å². The van der Waals surface area contributed by atoms with Gasteiger partial charge in [0, 0.05) is 37.8 Å². The van der Waals surface area contributed by atoms with Crippen molar-refractivity contribution in [2.45, 2.75) is 6.42 Å². The summed E-state index contributed by atoms with van der Waals surface area (Å²) in [7, 11) is 0. The zero-order chi connectivity index (χ0) is 11.5. The van der Waals surface area contributed by atoms with E-state index in [2.05, 4.69) is 25.5 Å². The van der Waals surface area contributed by atoms with Crippen LogP contribution in [0.1, 0.15) is 6.42 Å². The fourth-order valence-corrected chi connectivity index (χ4v) is 3.15. The van der Waals surface area contributed by atoms with Crippen molar-refractivity contribution in [3.05, 3.63) is 11.6 Å². The van der Waals surface area contributed by atoms with E-state index in [0.29, 0.717) is 0 Å². The minimum atomic E-state index is 0.937. The third kappa shape index (κ3) is 2.78. The molecule has 0 spiro atoms. The molecule has 0 bridgehead atoms. The number of hydrogen-bond acceptors (Lipinski definition) is 5. The van der Waals surface area contributed by atoms with Crippen molar-refractivity contribution in [1.82, 2.24) is 15.2 Å². The molecule has 0 radical (unpaired) electrons. The van der Waals surface area contributed by atoms with Gasteiger partial charge in [-0.1, -0.05) is 0 Å². The van der Waals surface area contributed by atoms with Crippen molar-refractivity contribution < 1.29 is 0 Å². The van der Waals surface area contributed by atoms with E-state index >= 15 is 0 Å². The summed E-state index contributed by atoms with van der Waals surface area (Å²) in [5.74, 6) is 0.937. The fraction of sp³-hybridized carbons (Fsp3) is 0.750. The first-order valence-electron chi connectivity index (χ1n) is 6.49. The topological polar surface area (TPSA) is 31.4 Å². The van der Waals surface area contributed by atoms with Crippen molar-refractivity contribution in [2.75, 3.05) is 50.7 Å². The maximum Gasteiger partial charge on any atom is 0.185 e. The summed E-state index contributed by atoms with van der Waals surface area (Å²) in [6.45, 7) is 8.41. The lowest BCUT2D eigenvalue weighted by Crippen LogP contribution is -2.48. The first-order valence-corrected chi connectivity index (χ1v) is 7.37. The molecule has 2 aliphatic heterocycles. The molecule has 2 saturated heterocycles. The number of anilines is 1. The van der Waals surface area contributed by atoms with Gasteiger partial charge in [-0.2, -0.15) is 0 Å². The molecule has 0 aromatic carbocycles. The number of piperazine rings is 1. The Kier molecular flexibility index (Phi) is 3.59. The van der Waals surface area contributed by atoms with E-state index in [1.54, 1.807) is 11.3 Å².